The van der Waals surface area contributed by atoms with Crippen molar-refractivity contribution in [2.45, 2.75) is 87.3 Å². The Balaban J connectivity index is 2.74. The van der Waals surface area contributed by atoms with E-state index in [4.69, 9.17) is 14.5 Å². The maximum absolute atomic E-state index is 12.5. The lowest BCUT2D eigenvalue weighted by Crippen LogP contribution is -2.33. The first-order valence-electron chi connectivity index (χ1n) is 11.5. The third-order valence-electron chi connectivity index (χ3n) is 4.84. The second-order valence-electron chi connectivity index (χ2n) is 10.6. The quantitative estimate of drug-likeness (QED) is 0.529. The Morgan fingerprint density at radius 1 is 1.00 bits per heavy atom. The highest BCUT2D eigenvalue weighted by Gasteiger charge is 2.26. The number of nitrogens with one attached hydrogen (secondary N) is 1. The smallest absolute Gasteiger partial charge is 0.407 e. The van der Waals surface area contributed by atoms with Gasteiger partial charge < -0.3 is 14.8 Å². The van der Waals surface area contributed by atoms with Crippen molar-refractivity contribution in [2.24, 2.45) is 5.41 Å². The van der Waals surface area contributed by atoms with Crippen LogP contribution >= 0.6 is 0 Å². The number of nitrogens with zero attached hydrogens (tertiary/aromatic N) is 1. The Bertz CT molecular complexity index is 997. The Kier molecular flexibility index (Phi) is 8.28. The minimum Gasteiger partial charge on any atom is -0.444 e. The van der Waals surface area contributed by atoms with Gasteiger partial charge >= 0.3 is 12.1 Å². The molecule has 1 heterocycles. The topological polar surface area (TPSA) is 77.5 Å². The van der Waals surface area contributed by atoms with Gasteiger partial charge in [-0.2, -0.15) is 0 Å². The molecule has 180 valence electrons. The summed E-state index contributed by atoms with van der Waals surface area (Å²) in [5.74, 6) is 0.0435. The second-order valence-corrected chi connectivity index (χ2v) is 10.6. The van der Waals surface area contributed by atoms with E-state index < -0.39 is 17.7 Å². The van der Waals surface area contributed by atoms with Crippen molar-refractivity contribution in [3.63, 3.8) is 0 Å². The van der Waals surface area contributed by atoms with E-state index >= 15 is 0 Å². The highest BCUT2D eigenvalue weighted by molar-refractivity contribution is 5.81. The molecule has 1 N–H and O–H groups in total. The summed E-state index contributed by atoms with van der Waals surface area (Å²) in [4.78, 5) is 29.4. The number of alkyl carbamates (subject to hydrolysis) is 1. The molecule has 6 heteroatoms. The Morgan fingerprint density at radius 2 is 1.61 bits per heavy atom. The van der Waals surface area contributed by atoms with Gasteiger partial charge in [-0.25, -0.2) is 4.79 Å². The van der Waals surface area contributed by atoms with Crippen molar-refractivity contribution in [1.29, 1.82) is 0 Å². The van der Waals surface area contributed by atoms with Crippen molar-refractivity contribution in [3.05, 3.63) is 46.8 Å². The molecule has 0 aliphatic heterocycles. The van der Waals surface area contributed by atoms with Crippen LogP contribution < -0.4 is 10.1 Å². The van der Waals surface area contributed by atoms with Gasteiger partial charge in [-0.15, -0.1) is 0 Å². The number of benzene rings is 1. The Labute approximate surface area is 198 Å². The van der Waals surface area contributed by atoms with E-state index in [9.17, 15) is 9.59 Å². The van der Waals surface area contributed by atoms with Gasteiger partial charge in [-0.1, -0.05) is 57.5 Å². The van der Waals surface area contributed by atoms with Gasteiger partial charge in [0.2, 0.25) is 0 Å². The SMILES string of the molecule is CCc1nc(CC(C)(C)C)c(CNC(=O)OC(C)(C)C)c(-c2ccc(C)cc2)c1OC(C)=O. The first-order chi connectivity index (χ1) is 15.2. The summed E-state index contributed by atoms with van der Waals surface area (Å²) in [5, 5.41) is 2.88. The molecule has 0 fully saturated rings. The summed E-state index contributed by atoms with van der Waals surface area (Å²) in [7, 11) is 0. The van der Waals surface area contributed by atoms with Crippen LogP contribution in [0.4, 0.5) is 4.79 Å². The number of rotatable bonds is 6. The van der Waals surface area contributed by atoms with Gasteiger partial charge in [-0.05, 0) is 51.5 Å². The first-order valence-corrected chi connectivity index (χ1v) is 11.5. The van der Waals surface area contributed by atoms with Gasteiger partial charge in [-0.3, -0.25) is 9.78 Å². The number of aromatic nitrogens is 1. The largest absolute Gasteiger partial charge is 0.444 e. The van der Waals surface area contributed by atoms with Gasteiger partial charge in [0.05, 0.1) is 5.69 Å². The zero-order valence-corrected chi connectivity index (χ0v) is 21.5. The lowest BCUT2D eigenvalue weighted by molar-refractivity contribution is -0.131. The molecule has 2 rings (SSSR count). The van der Waals surface area contributed by atoms with E-state index in [1.807, 2.05) is 58.9 Å². The number of aryl methyl sites for hydroxylation is 2. The van der Waals surface area contributed by atoms with Crippen LogP contribution in [0.1, 0.15) is 77.9 Å². The van der Waals surface area contributed by atoms with Crippen LogP contribution in [0.15, 0.2) is 24.3 Å². The number of hydrogen-bond donors (Lipinski definition) is 1. The Hall–Kier alpha value is -2.89. The fourth-order valence-electron chi connectivity index (χ4n) is 3.54. The molecule has 0 bridgehead atoms. The molecule has 0 unspecified atom stereocenters. The third kappa shape index (κ3) is 7.88. The molecule has 2 aromatic rings. The average molecular weight is 455 g/mol. The number of hydrogen-bond acceptors (Lipinski definition) is 5. The highest BCUT2D eigenvalue weighted by Crippen LogP contribution is 2.39. The minimum atomic E-state index is -0.606. The number of carbonyl (C=O) groups excluding carboxylic acids is 2. The lowest BCUT2D eigenvalue weighted by Gasteiger charge is -2.25. The predicted molar refractivity (Wildman–Crippen MR) is 131 cm³/mol. The number of carbonyl (C=O) groups is 2. The highest BCUT2D eigenvalue weighted by atomic mass is 16.6. The second kappa shape index (κ2) is 10.4. The molecule has 0 spiro atoms. The van der Waals surface area contributed by atoms with Crippen LogP contribution in [0.3, 0.4) is 0 Å². The maximum Gasteiger partial charge on any atom is 0.407 e. The van der Waals surface area contributed by atoms with Crippen molar-refractivity contribution in [2.75, 3.05) is 0 Å². The molecule has 0 atom stereocenters. The predicted octanol–water partition coefficient (Wildman–Crippen LogP) is 6.16. The van der Waals surface area contributed by atoms with Crippen molar-refractivity contribution >= 4 is 12.1 Å². The fourth-order valence-corrected chi connectivity index (χ4v) is 3.54. The van der Waals surface area contributed by atoms with Crippen LogP contribution in [0.2, 0.25) is 0 Å². The summed E-state index contributed by atoms with van der Waals surface area (Å²) in [6.07, 6.45) is 0.802. The molecular weight excluding hydrogens is 416 g/mol. The van der Waals surface area contributed by atoms with E-state index in [-0.39, 0.29) is 12.0 Å². The number of pyridine rings is 1. The molecule has 0 saturated heterocycles. The summed E-state index contributed by atoms with van der Waals surface area (Å²) in [5.41, 5.74) is 4.60. The molecular formula is C27H38N2O4. The van der Waals surface area contributed by atoms with Gasteiger partial charge in [0.1, 0.15) is 5.60 Å². The van der Waals surface area contributed by atoms with Crippen LogP contribution in [0, 0.1) is 12.3 Å². The molecule has 1 aromatic carbocycles. The van der Waals surface area contributed by atoms with Crippen LogP contribution in [0.25, 0.3) is 11.1 Å². The number of amides is 1. The lowest BCUT2D eigenvalue weighted by atomic mass is 9.86. The molecule has 33 heavy (non-hydrogen) atoms. The van der Waals surface area contributed by atoms with Crippen LogP contribution in [0.5, 0.6) is 5.75 Å². The monoisotopic (exact) mass is 454 g/mol. The summed E-state index contributed by atoms with van der Waals surface area (Å²) in [6.45, 7) is 17.5. The number of esters is 1. The van der Waals surface area contributed by atoms with Crippen molar-refractivity contribution in [1.82, 2.24) is 10.3 Å². The standard InChI is InChI=1S/C27H38N2O4/c1-10-21-24(32-18(3)30)23(19-13-11-17(2)12-14-19)20(22(29-21)15-26(4,5)6)16-28-25(31)33-27(7,8)9/h11-14H,10,15-16H2,1-9H3,(H,28,31). The third-order valence-corrected chi connectivity index (χ3v) is 4.84. The van der Waals surface area contributed by atoms with E-state index in [0.717, 1.165) is 33.6 Å². The summed E-state index contributed by atoms with van der Waals surface area (Å²) >= 11 is 0. The van der Waals surface area contributed by atoms with E-state index in [2.05, 4.69) is 26.1 Å². The van der Waals surface area contributed by atoms with Gasteiger partial charge in [0, 0.05) is 30.3 Å². The Morgan fingerprint density at radius 3 is 2.09 bits per heavy atom. The molecule has 0 aliphatic rings. The summed E-state index contributed by atoms with van der Waals surface area (Å²) < 4.78 is 11.2. The van der Waals surface area contributed by atoms with Crippen molar-refractivity contribution in [3.8, 4) is 16.9 Å². The summed E-state index contributed by atoms with van der Waals surface area (Å²) in [6, 6.07) is 8.06. The fraction of sp³-hybridized carbons (Fsp3) is 0.519. The van der Waals surface area contributed by atoms with E-state index in [1.54, 1.807) is 0 Å². The van der Waals surface area contributed by atoms with E-state index in [0.29, 0.717) is 18.6 Å². The number of ether oxygens (including phenoxy) is 2. The molecule has 6 nitrogen and oxygen atoms in total. The maximum atomic E-state index is 12.5. The average Bonchev–Trinajstić information content (AvgIpc) is 2.65. The van der Waals surface area contributed by atoms with Crippen LogP contribution in [-0.2, 0) is 28.9 Å². The van der Waals surface area contributed by atoms with Crippen LogP contribution in [-0.4, -0.2) is 22.6 Å². The minimum absolute atomic E-state index is 0.0355. The molecule has 1 amide bonds. The van der Waals surface area contributed by atoms with Gasteiger partial charge in [0.15, 0.2) is 5.75 Å². The first kappa shape index (κ1) is 26.4. The molecule has 0 saturated carbocycles. The zero-order chi connectivity index (χ0) is 25.0. The van der Waals surface area contributed by atoms with Crippen molar-refractivity contribution < 1.29 is 19.1 Å². The molecule has 0 radical (unpaired) electrons. The molecule has 0 aliphatic carbocycles. The normalized spacial score (nSPS) is 11.8. The van der Waals surface area contributed by atoms with E-state index in [1.165, 1.54) is 6.92 Å². The molecule has 1 aromatic heterocycles. The van der Waals surface area contributed by atoms with Gasteiger partial charge in [0.25, 0.3) is 0 Å². The zero-order valence-electron chi connectivity index (χ0n) is 21.5.